The smallest absolute Gasteiger partial charge is 0.0655 e. The standard InChI is InChI=1S/C16H30N2O/c1-5-19-15-9-14(16(15,3)4)17-12-8-11(2)18(10-12)13-6-7-13/h11-15,17H,5-10H2,1-4H3. The van der Waals surface area contributed by atoms with Crippen LogP contribution < -0.4 is 5.32 Å². The number of likely N-dealkylation sites (tertiary alicyclic amines) is 1. The summed E-state index contributed by atoms with van der Waals surface area (Å²) >= 11 is 0. The van der Waals surface area contributed by atoms with Crippen molar-refractivity contribution in [2.45, 2.75) is 83.6 Å². The second-order valence-electron chi connectivity index (χ2n) is 7.43. The van der Waals surface area contributed by atoms with Gasteiger partial charge in [-0.05, 0) is 39.5 Å². The minimum Gasteiger partial charge on any atom is -0.378 e. The first kappa shape index (κ1) is 13.8. The number of nitrogens with zero attached hydrogens (tertiary/aromatic N) is 1. The van der Waals surface area contributed by atoms with Gasteiger partial charge in [-0.3, -0.25) is 4.90 Å². The molecule has 19 heavy (non-hydrogen) atoms. The van der Waals surface area contributed by atoms with Crippen molar-refractivity contribution in [2.24, 2.45) is 5.41 Å². The van der Waals surface area contributed by atoms with Gasteiger partial charge in [-0.1, -0.05) is 13.8 Å². The molecule has 3 fully saturated rings. The summed E-state index contributed by atoms with van der Waals surface area (Å²) in [5.74, 6) is 0. The second-order valence-corrected chi connectivity index (χ2v) is 7.43. The average molecular weight is 266 g/mol. The van der Waals surface area contributed by atoms with Gasteiger partial charge in [0.15, 0.2) is 0 Å². The number of rotatable bonds is 5. The van der Waals surface area contributed by atoms with Crippen LogP contribution in [0.1, 0.15) is 53.4 Å². The van der Waals surface area contributed by atoms with Crippen molar-refractivity contribution >= 4 is 0 Å². The molecule has 0 radical (unpaired) electrons. The highest BCUT2D eigenvalue weighted by atomic mass is 16.5. The van der Waals surface area contributed by atoms with Crippen LogP contribution in [0.5, 0.6) is 0 Å². The Labute approximate surface area is 118 Å². The van der Waals surface area contributed by atoms with Crippen molar-refractivity contribution in [3.8, 4) is 0 Å². The SMILES string of the molecule is CCOC1CC(NC2CC(C)N(C3CC3)C2)C1(C)C. The first-order valence-corrected chi connectivity index (χ1v) is 8.15. The molecule has 1 N–H and O–H groups in total. The quantitative estimate of drug-likeness (QED) is 0.827. The zero-order valence-electron chi connectivity index (χ0n) is 13.0. The Morgan fingerprint density at radius 1 is 1.26 bits per heavy atom. The molecule has 1 aliphatic heterocycles. The highest BCUT2D eigenvalue weighted by Gasteiger charge is 2.50. The van der Waals surface area contributed by atoms with E-state index in [-0.39, 0.29) is 0 Å². The number of hydrogen-bond donors (Lipinski definition) is 1. The van der Waals surface area contributed by atoms with Gasteiger partial charge >= 0.3 is 0 Å². The minimum atomic E-state index is 0.298. The summed E-state index contributed by atoms with van der Waals surface area (Å²) in [6.07, 6.45) is 5.82. The van der Waals surface area contributed by atoms with Crippen LogP contribution in [0.15, 0.2) is 0 Å². The van der Waals surface area contributed by atoms with E-state index in [1.165, 1.54) is 32.2 Å². The lowest BCUT2D eigenvalue weighted by Gasteiger charge is -2.52. The summed E-state index contributed by atoms with van der Waals surface area (Å²) in [4.78, 5) is 2.73. The first-order valence-electron chi connectivity index (χ1n) is 8.15. The van der Waals surface area contributed by atoms with E-state index in [1.54, 1.807) is 0 Å². The molecule has 4 unspecified atom stereocenters. The molecule has 3 heteroatoms. The van der Waals surface area contributed by atoms with Crippen LogP contribution in [0.4, 0.5) is 0 Å². The summed E-state index contributed by atoms with van der Waals surface area (Å²) in [6.45, 7) is 11.3. The summed E-state index contributed by atoms with van der Waals surface area (Å²) in [6, 6.07) is 3.02. The molecule has 2 aliphatic carbocycles. The van der Waals surface area contributed by atoms with Gasteiger partial charge < -0.3 is 10.1 Å². The average Bonchev–Trinajstić information content (AvgIpc) is 3.13. The molecular formula is C16H30N2O. The van der Waals surface area contributed by atoms with E-state index in [0.29, 0.717) is 23.6 Å². The van der Waals surface area contributed by atoms with E-state index < -0.39 is 0 Å². The maximum Gasteiger partial charge on any atom is 0.0655 e. The van der Waals surface area contributed by atoms with Crippen molar-refractivity contribution < 1.29 is 4.74 Å². The Kier molecular flexibility index (Phi) is 3.65. The third-order valence-corrected chi connectivity index (χ3v) is 5.62. The van der Waals surface area contributed by atoms with Gasteiger partial charge in [-0.15, -0.1) is 0 Å². The van der Waals surface area contributed by atoms with Crippen molar-refractivity contribution in [3.05, 3.63) is 0 Å². The maximum atomic E-state index is 5.83. The molecule has 3 rings (SSSR count). The van der Waals surface area contributed by atoms with Crippen LogP contribution in [-0.2, 0) is 4.74 Å². The normalized spacial score (nSPS) is 42.3. The fourth-order valence-electron chi connectivity index (χ4n) is 4.03. The molecule has 2 saturated carbocycles. The molecule has 0 aromatic carbocycles. The molecule has 0 amide bonds. The molecule has 3 aliphatic rings. The van der Waals surface area contributed by atoms with Crippen molar-refractivity contribution in [1.29, 1.82) is 0 Å². The molecule has 0 aromatic heterocycles. The van der Waals surface area contributed by atoms with Gasteiger partial charge in [0.05, 0.1) is 6.10 Å². The molecule has 110 valence electrons. The minimum absolute atomic E-state index is 0.298. The maximum absolute atomic E-state index is 5.83. The van der Waals surface area contributed by atoms with Crippen LogP contribution in [0.25, 0.3) is 0 Å². The van der Waals surface area contributed by atoms with Gasteiger partial charge in [0, 0.05) is 42.7 Å². The number of hydrogen-bond acceptors (Lipinski definition) is 3. The topological polar surface area (TPSA) is 24.5 Å². The van der Waals surface area contributed by atoms with E-state index in [2.05, 4.69) is 37.9 Å². The fraction of sp³-hybridized carbons (Fsp3) is 1.00. The molecule has 0 aromatic rings. The van der Waals surface area contributed by atoms with Crippen LogP contribution in [0.3, 0.4) is 0 Å². The van der Waals surface area contributed by atoms with Crippen molar-refractivity contribution in [2.75, 3.05) is 13.2 Å². The Balaban J connectivity index is 1.50. The summed E-state index contributed by atoms with van der Waals surface area (Å²) in [7, 11) is 0. The van der Waals surface area contributed by atoms with Crippen LogP contribution in [0, 0.1) is 5.41 Å². The van der Waals surface area contributed by atoms with E-state index in [1.807, 2.05) is 0 Å². The lowest BCUT2D eigenvalue weighted by molar-refractivity contribution is -0.116. The predicted molar refractivity (Wildman–Crippen MR) is 78.3 cm³/mol. The van der Waals surface area contributed by atoms with E-state index in [4.69, 9.17) is 4.74 Å². The number of nitrogens with one attached hydrogen (secondary N) is 1. The second kappa shape index (κ2) is 5.01. The lowest BCUT2D eigenvalue weighted by atomic mass is 9.64. The predicted octanol–water partition coefficient (Wildman–Crippen LogP) is 2.40. The molecule has 3 nitrogen and oxygen atoms in total. The molecule has 0 spiro atoms. The largest absolute Gasteiger partial charge is 0.378 e. The van der Waals surface area contributed by atoms with Crippen LogP contribution in [-0.4, -0.2) is 48.3 Å². The molecule has 0 bridgehead atoms. The van der Waals surface area contributed by atoms with Crippen molar-refractivity contribution in [1.82, 2.24) is 10.2 Å². The van der Waals surface area contributed by atoms with E-state index in [9.17, 15) is 0 Å². The van der Waals surface area contributed by atoms with Crippen LogP contribution in [0.2, 0.25) is 0 Å². The molecule has 1 saturated heterocycles. The zero-order chi connectivity index (χ0) is 13.6. The summed E-state index contributed by atoms with van der Waals surface area (Å²) < 4.78 is 5.83. The molecular weight excluding hydrogens is 236 g/mol. The Morgan fingerprint density at radius 2 is 2.00 bits per heavy atom. The van der Waals surface area contributed by atoms with E-state index in [0.717, 1.165) is 18.7 Å². The van der Waals surface area contributed by atoms with Gasteiger partial charge in [0.1, 0.15) is 0 Å². The van der Waals surface area contributed by atoms with Gasteiger partial charge in [-0.2, -0.15) is 0 Å². The highest BCUT2D eigenvalue weighted by Crippen LogP contribution is 2.43. The van der Waals surface area contributed by atoms with E-state index >= 15 is 0 Å². The van der Waals surface area contributed by atoms with Gasteiger partial charge in [0.2, 0.25) is 0 Å². The summed E-state index contributed by atoms with van der Waals surface area (Å²) in [5, 5.41) is 3.92. The third kappa shape index (κ3) is 2.57. The Morgan fingerprint density at radius 3 is 2.58 bits per heavy atom. The Hall–Kier alpha value is -0.120. The van der Waals surface area contributed by atoms with Gasteiger partial charge in [-0.25, -0.2) is 0 Å². The van der Waals surface area contributed by atoms with Crippen molar-refractivity contribution in [3.63, 3.8) is 0 Å². The van der Waals surface area contributed by atoms with Crippen LogP contribution >= 0.6 is 0 Å². The monoisotopic (exact) mass is 266 g/mol. The zero-order valence-corrected chi connectivity index (χ0v) is 13.0. The number of ether oxygens (including phenoxy) is 1. The third-order valence-electron chi connectivity index (χ3n) is 5.62. The lowest BCUT2D eigenvalue weighted by Crippen LogP contribution is -2.63. The molecule has 4 atom stereocenters. The first-order chi connectivity index (χ1) is 9.02. The summed E-state index contributed by atoms with van der Waals surface area (Å²) in [5.41, 5.74) is 0.298. The fourth-order valence-corrected chi connectivity index (χ4v) is 4.03. The molecule has 1 heterocycles. The Bertz CT molecular complexity index is 327. The highest BCUT2D eigenvalue weighted by molar-refractivity contribution is 5.05. The van der Waals surface area contributed by atoms with Gasteiger partial charge in [0.25, 0.3) is 0 Å².